The third-order valence-corrected chi connectivity index (χ3v) is 22.8. The monoisotopic (exact) mass is 2100 g/mol. The number of halogens is 25. The van der Waals surface area contributed by atoms with E-state index < -0.39 is 198 Å². The first-order valence-corrected chi connectivity index (χ1v) is 42.3. The number of anilines is 1. The van der Waals surface area contributed by atoms with E-state index in [0.717, 1.165) is 30.3 Å². The number of rotatable bonds is 15. The molecule has 0 saturated heterocycles. The zero-order chi connectivity index (χ0) is 99.8. The first-order chi connectivity index (χ1) is 62.6. The summed E-state index contributed by atoms with van der Waals surface area (Å²) in [6.07, 6.45) is -35.7. The number of alkyl halides is 15. The van der Waals surface area contributed by atoms with Gasteiger partial charge in [0.05, 0.1) is 44.2 Å². The number of benzene rings is 7. The standard InChI is InChI=1S/C26H19Cl2F4N3O3.C20H16BrF4NO2.C19H16ClF4N3O2.C12H11BrF4N2O.C12H13F4N3O/c1-25(18-10-14(2-8-19(18)29)11-21(36)20-9-7-17(28)13-33-20)12-22(26(30,31)32)38-24(35-25)34-23(37)15-3-5-16(27)6-4-15;1-19(14-9-13(21)7-8-15(14)22)11-17(20(23,24)25)28-18(26-19)10-16(27)12-5-3-2-4-6-12;1-18(8-16(19(22,23)24)29-17(25)27-18)12-6-10(2-4-13(12)21)7-15(28)14-5-3-11(20)9-26-14;1-11(7-4-6(13)2-3-8(7)14)5-9(12(15,16)17)20-10(18)19-11;1-11(7-4-6(17)2-3-8(7)13)5-9(12(14,15)16)20-10(18)19-11/h2-10,13,22H,11-12H2,1H3,(H,34,35,37);2-9,17H,10-11H2,1H3;2-6,9,16H,7-8H2,1H3,(H2,25,27);2-4,9H,5H2,1H3,(H2,18,19);2-4,9H,5,17H2,1H3,(H2,18,19)/t22-,25-;17-,19-;16-,18-;2*9-,11-/m00000/s1. The molecule has 720 valence electrons. The Bertz CT molecular complexity index is 5930. The van der Waals surface area contributed by atoms with Crippen LogP contribution in [0.25, 0.3) is 0 Å². The summed E-state index contributed by atoms with van der Waals surface area (Å²) in [6.45, 7) is 6.80. The van der Waals surface area contributed by atoms with E-state index in [0.29, 0.717) is 40.7 Å². The zero-order valence-electron chi connectivity index (χ0n) is 70.4. The number of amidine groups is 4. The van der Waals surface area contributed by atoms with E-state index in [1.165, 1.54) is 156 Å². The molecule has 0 unspecified atom stereocenters. The smallest absolute Gasteiger partial charge is 0.425 e. The fourth-order valence-electron chi connectivity index (χ4n) is 14.5. The molecule has 7 aromatic carbocycles. The number of aromatic nitrogens is 2. The van der Waals surface area contributed by atoms with Crippen LogP contribution < -0.4 is 28.3 Å². The topological polar surface area (TPSA) is 318 Å². The number of hydrogen-bond acceptors (Lipinski definition) is 20. The van der Waals surface area contributed by atoms with E-state index in [4.69, 9.17) is 67.2 Å². The van der Waals surface area contributed by atoms with Crippen LogP contribution in [0.4, 0.5) is 93.5 Å². The number of pyridine rings is 2. The van der Waals surface area contributed by atoms with Gasteiger partial charge in [-0.25, -0.2) is 46.9 Å². The fourth-order valence-corrected chi connectivity index (χ4v) is 15.5. The molecule has 1 amide bonds. The van der Waals surface area contributed by atoms with Gasteiger partial charge in [0.2, 0.25) is 0 Å². The Morgan fingerprint density at radius 1 is 0.370 bits per heavy atom. The lowest BCUT2D eigenvalue weighted by atomic mass is 9.84. The Balaban J connectivity index is 0.000000178. The number of carbonyl (C=O) groups is 4. The maximum atomic E-state index is 15.0. The third kappa shape index (κ3) is 27.6. The second-order valence-corrected chi connectivity index (χ2v) is 35.0. The van der Waals surface area contributed by atoms with Crippen LogP contribution in [0.15, 0.2) is 216 Å². The Hall–Kier alpha value is -11.7. The van der Waals surface area contributed by atoms with Gasteiger partial charge >= 0.3 is 30.9 Å². The van der Waals surface area contributed by atoms with Crippen LogP contribution in [0.3, 0.4) is 0 Å². The molecule has 0 fully saturated rings. The van der Waals surface area contributed by atoms with Crippen molar-refractivity contribution in [2.45, 2.75) is 175 Å². The molecule has 9 aromatic rings. The predicted molar refractivity (Wildman–Crippen MR) is 465 cm³/mol. The lowest BCUT2D eigenvalue weighted by Crippen LogP contribution is -2.48. The molecule has 2 aromatic heterocycles. The van der Waals surface area contributed by atoms with Crippen molar-refractivity contribution < 1.29 is 131 Å². The first kappa shape index (κ1) is 105. The summed E-state index contributed by atoms with van der Waals surface area (Å²) in [5.41, 5.74) is 15.1. The van der Waals surface area contributed by atoms with Crippen molar-refractivity contribution >= 4 is 126 Å². The molecule has 5 aliphatic heterocycles. The van der Waals surface area contributed by atoms with Gasteiger partial charge < -0.3 is 46.6 Å². The van der Waals surface area contributed by atoms with Crippen molar-refractivity contribution in [2.75, 3.05) is 5.73 Å². The first-order valence-electron chi connectivity index (χ1n) is 39.5. The minimum absolute atomic E-state index is 0.00378. The highest BCUT2D eigenvalue weighted by Gasteiger charge is 2.56. The molecule has 21 nitrogen and oxygen atoms in total. The number of Topliss-reactive ketones (excluding diaryl/α,β-unsaturated/α-hetero) is 3. The Morgan fingerprint density at radius 2 is 0.696 bits per heavy atom. The van der Waals surface area contributed by atoms with Crippen molar-refractivity contribution in [3.63, 3.8) is 0 Å². The molecule has 0 saturated carbocycles. The van der Waals surface area contributed by atoms with Gasteiger partial charge in [0.1, 0.15) is 40.5 Å². The Kier molecular flexibility index (Phi) is 32.7. The summed E-state index contributed by atoms with van der Waals surface area (Å²) in [6, 6.07) is 36.2. The largest absolute Gasteiger partial charge is 0.468 e. The minimum Gasteiger partial charge on any atom is -0.468 e. The zero-order valence-corrected chi connectivity index (χ0v) is 75.9. The van der Waals surface area contributed by atoms with Gasteiger partial charge in [-0.15, -0.1) is 0 Å². The highest BCUT2D eigenvalue weighted by atomic mass is 79.9. The lowest BCUT2D eigenvalue weighted by molar-refractivity contribution is -0.208. The SMILES string of the molecule is C[C@@]1(c2cc(Br)ccc2F)C[C@@H](C(F)(F)F)OC(CC(=O)c2ccccc2)=N1.C[C@@]1(c2cc(Br)ccc2F)C[C@@H](C(F)(F)F)OC(N)=N1.C[C@@]1(c2cc(CC(=O)c3ccc(Cl)cn3)ccc2F)C[C@@H](C(F)(F)F)OC(N)=N1.C[C@@]1(c2cc(CC(=O)c3ccc(Cl)cn3)ccc2F)C[C@@H](C(F)(F)F)OC(NC(=O)c2ccc(Cl)cc2)=N1.C[C@@]1(c2cc(N)ccc2F)C[C@@H](C(F)(F)F)OC(N)=N1. The number of nitrogens with one attached hydrogen (secondary N) is 1. The predicted octanol–water partition coefficient (Wildman–Crippen LogP) is 22.1. The van der Waals surface area contributed by atoms with Crippen molar-refractivity contribution in [3.05, 3.63) is 297 Å². The van der Waals surface area contributed by atoms with Crippen LogP contribution in [-0.2, 0) is 64.2 Å². The van der Waals surface area contributed by atoms with Crippen LogP contribution >= 0.6 is 66.7 Å². The summed E-state index contributed by atoms with van der Waals surface area (Å²) in [5, 5.41) is 3.29. The number of nitrogens with two attached hydrogens (primary N) is 4. The van der Waals surface area contributed by atoms with Gasteiger partial charge in [-0.05, 0) is 173 Å². The number of aliphatic imine (C=N–C) groups is 5. The number of carbonyl (C=O) groups excluding carboxylic acids is 4. The van der Waals surface area contributed by atoms with Gasteiger partial charge in [-0.2, -0.15) is 65.9 Å². The number of amides is 1. The van der Waals surface area contributed by atoms with Gasteiger partial charge in [0.15, 0.2) is 53.8 Å². The summed E-state index contributed by atoms with van der Waals surface area (Å²) in [4.78, 5) is 77.9. The number of hydrogen-bond donors (Lipinski definition) is 5. The molecular formula is C89H75Br2Cl3F20N12O9. The number of nitrogen functional groups attached to an aromatic ring is 1. The maximum absolute atomic E-state index is 15.0. The molecule has 9 N–H and O–H groups in total. The fraction of sp³-hybridized carbons (Fsp3) is 0.315. The molecule has 14 rings (SSSR count). The van der Waals surface area contributed by atoms with Crippen LogP contribution in [0.5, 0.6) is 0 Å². The van der Waals surface area contributed by atoms with Gasteiger partial charge in [-0.3, -0.25) is 34.5 Å². The quantitative estimate of drug-likeness (QED) is 0.0362. The third-order valence-electron chi connectivity index (χ3n) is 21.2. The molecule has 7 heterocycles. The Morgan fingerprint density at radius 3 is 1.07 bits per heavy atom. The average molecular weight is 2100 g/mol. The maximum Gasteiger partial charge on any atom is 0.425 e. The van der Waals surface area contributed by atoms with Crippen LogP contribution in [0, 0.1) is 29.1 Å². The summed E-state index contributed by atoms with van der Waals surface area (Å²) in [5.74, 6) is -5.93. The highest BCUT2D eigenvalue weighted by Crippen LogP contribution is 2.48. The van der Waals surface area contributed by atoms with E-state index in [9.17, 15) is 103 Å². The molecule has 0 aliphatic carbocycles. The van der Waals surface area contributed by atoms with E-state index >= 15 is 4.39 Å². The second-order valence-electron chi connectivity index (χ2n) is 31.9. The number of ether oxygens (including phenoxy) is 5. The van der Waals surface area contributed by atoms with E-state index in [-0.39, 0.29) is 75.0 Å². The summed E-state index contributed by atoms with van der Waals surface area (Å²) in [7, 11) is 0. The van der Waals surface area contributed by atoms with Crippen LogP contribution in [-0.4, -0.2) is 125 Å². The number of nitrogens with zero attached hydrogens (tertiary/aromatic N) is 7. The highest BCUT2D eigenvalue weighted by molar-refractivity contribution is 9.10. The molecule has 0 spiro atoms. The van der Waals surface area contributed by atoms with Crippen molar-refractivity contribution in [1.29, 1.82) is 0 Å². The molecular weight excluding hydrogens is 2030 g/mol. The van der Waals surface area contributed by atoms with E-state index in [2.05, 4.69) is 86.3 Å². The molecule has 46 heteroatoms. The molecule has 10 atom stereocenters. The van der Waals surface area contributed by atoms with Gasteiger partial charge in [0.25, 0.3) is 30.0 Å². The van der Waals surface area contributed by atoms with Crippen molar-refractivity contribution in [3.8, 4) is 0 Å². The van der Waals surface area contributed by atoms with Crippen molar-refractivity contribution in [2.24, 2.45) is 42.2 Å². The lowest BCUT2D eigenvalue weighted by Gasteiger charge is -2.37. The summed E-state index contributed by atoms with van der Waals surface area (Å²) < 4.78 is 294. The van der Waals surface area contributed by atoms with Crippen LogP contribution in [0.1, 0.15) is 154 Å². The second kappa shape index (κ2) is 41.9. The van der Waals surface area contributed by atoms with E-state index in [1.807, 2.05) is 0 Å². The Labute approximate surface area is 786 Å². The molecule has 5 aliphatic rings. The normalized spacial score (nSPS) is 22.8. The van der Waals surface area contributed by atoms with E-state index in [1.54, 1.807) is 30.3 Å². The van der Waals surface area contributed by atoms with Gasteiger partial charge in [-0.1, -0.05) is 109 Å². The van der Waals surface area contributed by atoms with Crippen molar-refractivity contribution in [1.82, 2.24) is 15.3 Å². The molecule has 0 bridgehead atoms. The molecule has 0 radical (unpaired) electrons. The van der Waals surface area contributed by atoms with Gasteiger partial charge in [0, 0.05) is 116 Å². The van der Waals surface area contributed by atoms with Crippen LogP contribution in [0.2, 0.25) is 15.1 Å². The summed E-state index contributed by atoms with van der Waals surface area (Å²) >= 11 is 23.7. The molecule has 135 heavy (non-hydrogen) atoms. The average Bonchev–Trinajstić information content (AvgIpc) is 0.777. The number of ketones is 3. The minimum atomic E-state index is -4.84.